The topological polar surface area (TPSA) is 23.6 Å². The number of hydrogen-bond donors (Lipinski definition) is 0. The first-order valence-electron chi connectivity index (χ1n) is 8.23. The van der Waals surface area contributed by atoms with Gasteiger partial charge in [-0.15, -0.1) is 0 Å². The standard InChI is InChI=1S/C18H27BN2O/c1-15(2)8-13-21(17-6-4-16(3)5-7-17)18-9-11-20(12-10-18)14-19-22/h4-8,18H,9-14H2,1-3H3. The number of rotatable bonds is 6. The second kappa shape index (κ2) is 8.28. The van der Waals surface area contributed by atoms with Crippen molar-refractivity contribution in [2.24, 2.45) is 0 Å². The third-order valence-electron chi connectivity index (χ3n) is 4.39. The van der Waals surface area contributed by atoms with Gasteiger partial charge >= 0.3 is 135 Å². The fraction of sp³-hybridized carbons (Fsp3) is 0.556. The molecule has 1 heterocycles. The summed E-state index contributed by atoms with van der Waals surface area (Å²) in [6.07, 6.45) is 5.12. The summed E-state index contributed by atoms with van der Waals surface area (Å²) >= 11 is 0. The zero-order chi connectivity index (χ0) is 15.9. The van der Waals surface area contributed by atoms with E-state index in [1.165, 1.54) is 16.8 Å². The second-order valence-electron chi connectivity index (χ2n) is 6.47. The Bertz CT molecular complexity index is 500. The molecule has 1 aliphatic heterocycles. The molecule has 0 spiro atoms. The number of likely N-dealkylation sites (tertiary alicyclic amines) is 1. The molecule has 0 aromatic heterocycles. The summed E-state index contributed by atoms with van der Waals surface area (Å²) in [5.41, 5.74) is 3.96. The molecule has 1 aromatic carbocycles. The molecule has 0 saturated carbocycles. The summed E-state index contributed by atoms with van der Waals surface area (Å²) in [4.78, 5) is 4.77. The van der Waals surface area contributed by atoms with Gasteiger partial charge in [-0.2, -0.15) is 0 Å². The molecule has 22 heavy (non-hydrogen) atoms. The molecule has 0 atom stereocenters. The first-order chi connectivity index (χ1) is 10.6. The van der Waals surface area contributed by atoms with E-state index in [-0.39, 0.29) is 0 Å². The molecule has 2 rings (SSSR count). The Morgan fingerprint density at radius 2 is 1.91 bits per heavy atom. The predicted octanol–water partition coefficient (Wildman–Crippen LogP) is 3.24. The Kier molecular flexibility index (Phi) is 6.38. The molecular formula is C18H27BN2O. The average molecular weight is 298 g/mol. The molecule has 0 bridgehead atoms. The van der Waals surface area contributed by atoms with E-state index in [1.54, 1.807) is 0 Å². The number of nitrogens with zero attached hydrogens (tertiary/aromatic N) is 2. The summed E-state index contributed by atoms with van der Waals surface area (Å²) in [7, 11) is 1.02. The van der Waals surface area contributed by atoms with Crippen molar-refractivity contribution >= 4 is 12.8 Å². The third kappa shape index (κ3) is 4.80. The van der Waals surface area contributed by atoms with Crippen LogP contribution in [0.2, 0.25) is 0 Å². The van der Waals surface area contributed by atoms with Crippen LogP contribution in [-0.4, -0.2) is 44.2 Å². The molecule has 0 radical (unpaired) electrons. The van der Waals surface area contributed by atoms with Crippen LogP contribution in [0.25, 0.3) is 0 Å². The Labute approximate surface area is 135 Å². The van der Waals surface area contributed by atoms with Gasteiger partial charge in [-0.1, -0.05) is 0 Å². The van der Waals surface area contributed by atoms with Crippen LogP contribution in [0.1, 0.15) is 32.3 Å². The maximum absolute atomic E-state index is 10.7. The van der Waals surface area contributed by atoms with Crippen LogP contribution in [0.3, 0.4) is 0 Å². The van der Waals surface area contributed by atoms with E-state index >= 15 is 0 Å². The van der Waals surface area contributed by atoms with E-state index in [0.717, 1.165) is 39.6 Å². The molecule has 1 aromatic rings. The van der Waals surface area contributed by atoms with Crippen LogP contribution in [-0.2, 0) is 4.70 Å². The van der Waals surface area contributed by atoms with Crippen molar-refractivity contribution in [2.45, 2.75) is 39.7 Å². The zero-order valence-electron chi connectivity index (χ0n) is 14.1. The van der Waals surface area contributed by atoms with Crippen molar-refractivity contribution in [3.8, 4) is 0 Å². The molecule has 4 heteroatoms. The molecular weight excluding hydrogens is 271 g/mol. The quantitative estimate of drug-likeness (QED) is 0.595. The van der Waals surface area contributed by atoms with Gasteiger partial charge in [0, 0.05) is 0 Å². The van der Waals surface area contributed by atoms with Crippen molar-refractivity contribution in [1.82, 2.24) is 4.90 Å². The first-order valence-corrected chi connectivity index (χ1v) is 8.23. The Morgan fingerprint density at radius 3 is 2.45 bits per heavy atom. The van der Waals surface area contributed by atoms with E-state index in [1.807, 2.05) is 0 Å². The SMILES string of the molecule is CC(C)=CCN(c1ccc(C)cc1)C1CCN(CB=O)CC1. The van der Waals surface area contributed by atoms with Crippen molar-refractivity contribution in [3.63, 3.8) is 0 Å². The predicted molar refractivity (Wildman–Crippen MR) is 93.9 cm³/mol. The third-order valence-corrected chi connectivity index (χ3v) is 4.39. The Balaban J connectivity index is 2.09. The number of allylic oxidation sites excluding steroid dienone is 1. The molecule has 0 unspecified atom stereocenters. The summed E-state index contributed by atoms with van der Waals surface area (Å²) < 4.78 is 10.7. The first kappa shape index (κ1) is 16.9. The maximum atomic E-state index is 10.7. The molecule has 3 nitrogen and oxygen atoms in total. The summed E-state index contributed by atoms with van der Waals surface area (Å²) in [5.74, 6) is 0. The number of anilines is 1. The fourth-order valence-corrected chi connectivity index (χ4v) is 3.00. The van der Waals surface area contributed by atoms with Gasteiger partial charge in [-0.3, -0.25) is 0 Å². The van der Waals surface area contributed by atoms with Crippen LogP contribution in [0.5, 0.6) is 0 Å². The summed E-state index contributed by atoms with van der Waals surface area (Å²) in [5, 5.41) is 0. The molecule has 1 fully saturated rings. The van der Waals surface area contributed by atoms with Gasteiger partial charge in [-0.25, -0.2) is 0 Å². The summed E-state index contributed by atoms with van der Waals surface area (Å²) in [6, 6.07) is 9.39. The van der Waals surface area contributed by atoms with Gasteiger partial charge < -0.3 is 0 Å². The number of aryl methyl sites for hydroxylation is 1. The number of piperidine rings is 1. The van der Waals surface area contributed by atoms with Crippen LogP contribution in [0.4, 0.5) is 5.69 Å². The van der Waals surface area contributed by atoms with E-state index < -0.39 is 0 Å². The summed E-state index contributed by atoms with van der Waals surface area (Å²) in [6.45, 7) is 9.42. The van der Waals surface area contributed by atoms with Gasteiger partial charge in [0.25, 0.3) is 0 Å². The molecule has 0 aliphatic carbocycles. The van der Waals surface area contributed by atoms with Crippen molar-refractivity contribution in [3.05, 3.63) is 41.5 Å². The number of benzene rings is 1. The van der Waals surface area contributed by atoms with Gasteiger partial charge in [0.15, 0.2) is 0 Å². The van der Waals surface area contributed by atoms with Crippen LogP contribution in [0, 0.1) is 6.92 Å². The van der Waals surface area contributed by atoms with Crippen LogP contribution >= 0.6 is 0 Å². The molecule has 118 valence electrons. The van der Waals surface area contributed by atoms with Gasteiger partial charge in [0.2, 0.25) is 0 Å². The monoisotopic (exact) mass is 298 g/mol. The molecule has 1 aliphatic rings. The minimum absolute atomic E-state index is 0.557. The van der Waals surface area contributed by atoms with Crippen molar-refractivity contribution < 1.29 is 4.70 Å². The van der Waals surface area contributed by atoms with Gasteiger partial charge in [0.1, 0.15) is 0 Å². The Hall–Kier alpha value is -1.42. The van der Waals surface area contributed by atoms with Crippen molar-refractivity contribution in [2.75, 3.05) is 31.0 Å². The normalized spacial score (nSPS) is 16.1. The second-order valence-corrected chi connectivity index (χ2v) is 6.47. The van der Waals surface area contributed by atoms with Crippen molar-refractivity contribution in [1.29, 1.82) is 0 Å². The number of hydrogen-bond acceptors (Lipinski definition) is 3. The zero-order valence-corrected chi connectivity index (χ0v) is 14.1. The van der Waals surface area contributed by atoms with E-state index in [4.69, 9.17) is 0 Å². The molecule has 0 amide bonds. The average Bonchev–Trinajstić information content (AvgIpc) is 2.51. The molecule has 1 saturated heterocycles. The van der Waals surface area contributed by atoms with Crippen LogP contribution < -0.4 is 4.90 Å². The van der Waals surface area contributed by atoms with E-state index in [9.17, 15) is 4.70 Å². The van der Waals surface area contributed by atoms with Gasteiger partial charge in [0.05, 0.1) is 0 Å². The van der Waals surface area contributed by atoms with E-state index in [0.29, 0.717) is 12.5 Å². The Morgan fingerprint density at radius 1 is 1.27 bits per heavy atom. The molecule has 0 N–H and O–H groups in total. The van der Waals surface area contributed by atoms with E-state index in [2.05, 4.69) is 60.9 Å². The minimum atomic E-state index is 0.557. The van der Waals surface area contributed by atoms with Gasteiger partial charge in [-0.05, 0) is 0 Å². The fourth-order valence-electron chi connectivity index (χ4n) is 3.00. The van der Waals surface area contributed by atoms with Crippen LogP contribution in [0.15, 0.2) is 35.9 Å².